The first-order chi connectivity index (χ1) is 7.92. The van der Waals surface area contributed by atoms with Crippen LogP contribution in [0.5, 0.6) is 5.75 Å². The van der Waals surface area contributed by atoms with E-state index in [1.807, 2.05) is 31.2 Å². The standard InChI is InChI=1S/C12H19NO3S/c1-10(9-17(3,14)15)13-8-11-6-4-5-7-12(11)16-2/h4-7,10,13H,8-9H2,1-3H3/t10-/m1/s1. The number of ether oxygens (including phenoxy) is 1. The lowest BCUT2D eigenvalue weighted by molar-refractivity contribution is 0.406. The summed E-state index contributed by atoms with van der Waals surface area (Å²) in [4.78, 5) is 0. The molecule has 1 rings (SSSR count). The van der Waals surface area contributed by atoms with Crippen molar-refractivity contribution in [3.8, 4) is 5.75 Å². The smallest absolute Gasteiger partial charge is 0.148 e. The van der Waals surface area contributed by atoms with Crippen molar-refractivity contribution in [2.24, 2.45) is 0 Å². The zero-order valence-electron chi connectivity index (χ0n) is 10.4. The van der Waals surface area contributed by atoms with Gasteiger partial charge in [-0.25, -0.2) is 8.42 Å². The lowest BCUT2D eigenvalue weighted by atomic mass is 10.2. The van der Waals surface area contributed by atoms with Gasteiger partial charge in [0.2, 0.25) is 0 Å². The Hall–Kier alpha value is -1.07. The molecule has 0 saturated heterocycles. The van der Waals surface area contributed by atoms with Crippen LogP contribution < -0.4 is 10.1 Å². The second-order valence-corrected chi connectivity index (χ2v) is 6.37. The third-order valence-electron chi connectivity index (χ3n) is 2.39. The third kappa shape index (κ3) is 5.19. The number of para-hydroxylation sites is 1. The van der Waals surface area contributed by atoms with E-state index in [-0.39, 0.29) is 11.8 Å². The molecule has 0 fully saturated rings. The van der Waals surface area contributed by atoms with Gasteiger partial charge in [0.15, 0.2) is 0 Å². The maximum absolute atomic E-state index is 11.1. The molecule has 17 heavy (non-hydrogen) atoms. The van der Waals surface area contributed by atoms with Crippen molar-refractivity contribution >= 4 is 9.84 Å². The largest absolute Gasteiger partial charge is 0.496 e. The predicted molar refractivity (Wildman–Crippen MR) is 69.0 cm³/mol. The van der Waals surface area contributed by atoms with Crippen LogP contribution in [0.2, 0.25) is 0 Å². The fraction of sp³-hybridized carbons (Fsp3) is 0.500. The third-order valence-corrected chi connectivity index (χ3v) is 3.49. The van der Waals surface area contributed by atoms with Crippen LogP contribution in [-0.2, 0) is 16.4 Å². The Balaban J connectivity index is 2.55. The molecule has 96 valence electrons. The molecular weight excluding hydrogens is 238 g/mol. The number of benzene rings is 1. The molecule has 4 nitrogen and oxygen atoms in total. The number of hydrogen-bond donors (Lipinski definition) is 1. The van der Waals surface area contributed by atoms with Crippen molar-refractivity contribution in [2.45, 2.75) is 19.5 Å². The SMILES string of the molecule is COc1ccccc1CN[C@H](C)CS(C)(=O)=O. The van der Waals surface area contributed by atoms with Crippen LogP contribution in [-0.4, -0.2) is 33.6 Å². The van der Waals surface area contributed by atoms with Gasteiger partial charge in [0.05, 0.1) is 12.9 Å². The minimum Gasteiger partial charge on any atom is -0.496 e. The molecule has 5 heteroatoms. The number of sulfone groups is 1. The molecule has 0 aliphatic heterocycles. The number of rotatable bonds is 6. The second-order valence-electron chi connectivity index (χ2n) is 4.19. The minimum absolute atomic E-state index is 0.0742. The molecule has 1 atom stereocenters. The Morgan fingerprint density at radius 2 is 2.00 bits per heavy atom. The summed E-state index contributed by atoms with van der Waals surface area (Å²) in [6, 6.07) is 7.61. The number of methoxy groups -OCH3 is 1. The zero-order valence-corrected chi connectivity index (χ0v) is 11.3. The maximum Gasteiger partial charge on any atom is 0.148 e. The van der Waals surface area contributed by atoms with Crippen molar-refractivity contribution in [1.29, 1.82) is 0 Å². The highest BCUT2D eigenvalue weighted by atomic mass is 32.2. The molecule has 0 heterocycles. The molecule has 1 aromatic carbocycles. The molecule has 0 amide bonds. The van der Waals surface area contributed by atoms with Gasteiger partial charge in [-0.2, -0.15) is 0 Å². The quantitative estimate of drug-likeness (QED) is 0.832. The van der Waals surface area contributed by atoms with E-state index < -0.39 is 9.84 Å². The molecule has 0 unspecified atom stereocenters. The normalized spacial score (nSPS) is 13.4. The Kier molecular flexibility index (Phi) is 4.96. The predicted octanol–water partition coefficient (Wildman–Crippen LogP) is 1.22. The summed E-state index contributed by atoms with van der Waals surface area (Å²) in [6.07, 6.45) is 1.24. The monoisotopic (exact) mass is 257 g/mol. The highest BCUT2D eigenvalue weighted by molar-refractivity contribution is 7.90. The fourth-order valence-electron chi connectivity index (χ4n) is 1.65. The molecule has 0 spiro atoms. The summed E-state index contributed by atoms with van der Waals surface area (Å²) in [6.45, 7) is 2.46. The van der Waals surface area contributed by atoms with Crippen LogP contribution in [0, 0.1) is 0 Å². The lowest BCUT2D eigenvalue weighted by Gasteiger charge is -2.14. The lowest BCUT2D eigenvalue weighted by Crippen LogP contribution is -2.32. The Bertz CT molecular complexity index is 457. The van der Waals surface area contributed by atoms with Gasteiger partial charge in [-0.15, -0.1) is 0 Å². The highest BCUT2D eigenvalue weighted by Gasteiger charge is 2.10. The molecule has 0 radical (unpaired) electrons. The van der Waals surface area contributed by atoms with Gasteiger partial charge in [-0.05, 0) is 13.0 Å². The van der Waals surface area contributed by atoms with Gasteiger partial charge in [0, 0.05) is 24.4 Å². The van der Waals surface area contributed by atoms with Crippen LogP contribution in [0.4, 0.5) is 0 Å². The highest BCUT2D eigenvalue weighted by Crippen LogP contribution is 2.16. The van der Waals surface area contributed by atoms with Crippen LogP contribution >= 0.6 is 0 Å². The van der Waals surface area contributed by atoms with E-state index in [0.717, 1.165) is 11.3 Å². The average Bonchev–Trinajstić information content (AvgIpc) is 2.24. The number of hydrogen-bond acceptors (Lipinski definition) is 4. The van der Waals surface area contributed by atoms with Gasteiger partial charge in [-0.3, -0.25) is 0 Å². The second kappa shape index (κ2) is 6.02. The van der Waals surface area contributed by atoms with Crippen molar-refractivity contribution in [2.75, 3.05) is 19.1 Å². The molecule has 0 aliphatic carbocycles. The summed E-state index contributed by atoms with van der Waals surface area (Å²) >= 11 is 0. The van der Waals surface area contributed by atoms with Crippen LogP contribution in [0.1, 0.15) is 12.5 Å². The average molecular weight is 257 g/mol. The van der Waals surface area contributed by atoms with Crippen LogP contribution in [0.15, 0.2) is 24.3 Å². The van der Waals surface area contributed by atoms with Crippen LogP contribution in [0.3, 0.4) is 0 Å². The van der Waals surface area contributed by atoms with Gasteiger partial charge in [0.25, 0.3) is 0 Å². The molecule has 1 N–H and O–H groups in total. The van der Waals surface area contributed by atoms with Gasteiger partial charge < -0.3 is 10.1 Å². The molecule has 0 saturated carbocycles. The minimum atomic E-state index is -2.94. The van der Waals surface area contributed by atoms with E-state index in [4.69, 9.17) is 4.74 Å². The van der Waals surface area contributed by atoms with E-state index in [1.165, 1.54) is 6.26 Å². The summed E-state index contributed by atoms with van der Waals surface area (Å²) in [5, 5.41) is 3.17. The summed E-state index contributed by atoms with van der Waals surface area (Å²) in [5.41, 5.74) is 1.02. The first-order valence-corrected chi connectivity index (χ1v) is 7.51. The fourth-order valence-corrected chi connectivity index (χ4v) is 2.67. The van der Waals surface area contributed by atoms with E-state index in [0.29, 0.717) is 6.54 Å². The molecular formula is C12H19NO3S. The number of nitrogens with one attached hydrogen (secondary N) is 1. The van der Waals surface area contributed by atoms with E-state index in [1.54, 1.807) is 7.11 Å². The Morgan fingerprint density at radius 1 is 1.35 bits per heavy atom. The Morgan fingerprint density at radius 3 is 2.59 bits per heavy atom. The maximum atomic E-state index is 11.1. The first kappa shape index (κ1) is 14.0. The topological polar surface area (TPSA) is 55.4 Å². The zero-order chi connectivity index (χ0) is 12.9. The molecule has 0 aliphatic rings. The first-order valence-electron chi connectivity index (χ1n) is 5.45. The van der Waals surface area contributed by atoms with Crippen molar-refractivity contribution in [3.63, 3.8) is 0 Å². The van der Waals surface area contributed by atoms with Gasteiger partial charge in [0.1, 0.15) is 15.6 Å². The molecule has 0 bridgehead atoms. The Labute approximate surface area is 103 Å². The summed E-state index contributed by atoms with van der Waals surface area (Å²) < 4.78 is 27.4. The van der Waals surface area contributed by atoms with Crippen molar-refractivity contribution in [1.82, 2.24) is 5.32 Å². The van der Waals surface area contributed by atoms with Crippen molar-refractivity contribution < 1.29 is 13.2 Å². The van der Waals surface area contributed by atoms with Crippen molar-refractivity contribution in [3.05, 3.63) is 29.8 Å². The molecule has 0 aromatic heterocycles. The van der Waals surface area contributed by atoms with Gasteiger partial charge >= 0.3 is 0 Å². The van der Waals surface area contributed by atoms with E-state index in [9.17, 15) is 8.42 Å². The van der Waals surface area contributed by atoms with E-state index in [2.05, 4.69) is 5.32 Å². The summed E-state index contributed by atoms with van der Waals surface area (Å²) in [7, 11) is -1.31. The summed E-state index contributed by atoms with van der Waals surface area (Å²) in [5.74, 6) is 0.953. The van der Waals surface area contributed by atoms with Crippen LogP contribution in [0.25, 0.3) is 0 Å². The molecule has 1 aromatic rings. The van der Waals surface area contributed by atoms with E-state index >= 15 is 0 Å². The van der Waals surface area contributed by atoms with Gasteiger partial charge in [-0.1, -0.05) is 18.2 Å².